The van der Waals surface area contributed by atoms with Gasteiger partial charge in [0.05, 0.1) is 15.2 Å². The minimum atomic E-state index is -0.279. The summed E-state index contributed by atoms with van der Waals surface area (Å²) in [6.45, 7) is 2.46. The molecule has 144 valence electrons. The van der Waals surface area contributed by atoms with E-state index in [1.165, 1.54) is 22.2 Å². The molecule has 2 fully saturated rings. The second kappa shape index (κ2) is 7.18. The van der Waals surface area contributed by atoms with Crippen LogP contribution in [0.15, 0.2) is 48.5 Å². The molecule has 1 aromatic heterocycles. The second-order valence-corrected chi connectivity index (χ2v) is 9.03. The Hall–Kier alpha value is -2.44. The summed E-state index contributed by atoms with van der Waals surface area (Å²) in [6.07, 6.45) is 2.11. The fourth-order valence-corrected chi connectivity index (χ4v) is 5.40. The van der Waals surface area contributed by atoms with E-state index in [2.05, 4.69) is 47.8 Å². The van der Waals surface area contributed by atoms with Crippen molar-refractivity contribution in [2.24, 2.45) is 17.6 Å². The number of likely N-dealkylation sites (tertiary alicyclic amines) is 1. The third-order valence-corrected chi connectivity index (χ3v) is 7.02. The molecule has 3 N–H and O–H groups in total. The van der Waals surface area contributed by atoms with E-state index in [1.54, 1.807) is 11.3 Å². The molecule has 3 atom stereocenters. The number of piperidine rings is 1. The van der Waals surface area contributed by atoms with Crippen LogP contribution in [0.4, 0.5) is 4.79 Å². The Morgan fingerprint density at radius 2 is 1.96 bits per heavy atom. The second-order valence-electron chi connectivity index (χ2n) is 7.92. The number of primary amides is 1. The standard InChI is InChI=1S/C22H24N4OS/c23-22(27)26-13-16-10-17(16)19(26)12-24-11-15-7-5-14(6-8-15)9-21-25-18-3-1-2-4-20(18)28-21/h1-8,16-17,19,24H,9-13H2,(H2,23,27). The number of aromatic nitrogens is 1. The maximum absolute atomic E-state index is 11.6. The van der Waals surface area contributed by atoms with Gasteiger partial charge in [-0.25, -0.2) is 9.78 Å². The van der Waals surface area contributed by atoms with Crippen LogP contribution in [0.1, 0.15) is 22.6 Å². The Kier molecular flexibility index (Phi) is 4.53. The number of hydrogen-bond donors (Lipinski definition) is 2. The van der Waals surface area contributed by atoms with Gasteiger partial charge in [0.15, 0.2) is 0 Å². The van der Waals surface area contributed by atoms with Crippen molar-refractivity contribution in [2.45, 2.75) is 25.4 Å². The monoisotopic (exact) mass is 392 g/mol. The maximum atomic E-state index is 11.6. The minimum absolute atomic E-state index is 0.265. The molecular formula is C22H24N4OS. The van der Waals surface area contributed by atoms with Gasteiger partial charge in [-0.2, -0.15) is 0 Å². The van der Waals surface area contributed by atoms with E-state index in [9.17, 15) is 4.79 Å². The van der Waals surface area contributed by atoms with Gasteiger partial charge in [-0.15, -0.1) is 11.3 Å². The number of rotatable bonds is 6. The molecule has 1 saturated carbocycles. The largest absolute Gasteiger partial charge is 0.351 e. The van der Waals surface area contributed by atoms with Crippen LogP contribution in [0.25, 0.3) is 10.2 Å². The fraction of sp³-hybridized carbons (Fsp3) is 0.364. The van der Waals surface area contributed by atoms with Crippen molar-refractivity contribution in [1.29, 1.82) is 0 Å². The highest BCUT2D eigenvalue weighted by molar-refractivity contribution is 7.18. The Labute approximate surface area is 168 Å². The van der Waals surface area contributed by atoms with Crippen LogP contribution in [0.2, 0.25) is 0 Å². The van der Waals surface area contributed by atoms with Gasteiger partial charge in [-0.3, -0.25) is 0 Å². The van der Waals surface area contributed by atoms with Crippen LogP contribution in [0, 0.1) is 11.8 Å². The number of thiazole rings is 1. The van der Waals surface area contributed by atoms with Gasteiger partial charge in [0.25, 0.3) is 0 Å². The van der Waals surface area contributed by atoms with E-state index in [0.29, 0.717) is 11.8 Å². The lowest BCUT2D eigenvalue weighted by molar-refractivity contribution is 0.190. The van der Waals surface area contributed by atoms with E-state index in [4.69, 9.17) is 10.7 Å². The number of para-hydroxylation sites is 1. The van der Waals surface area contributed by atoms with Gasteiger partial charge in [0, 0.05) is 32.1 Å². The zero-order valence-electron chi connectivity index (χ0n) is 15.7. The SMILES string of the molecule is NC(=O)N1CC2CC2C1CNCc1ccc(Cc2nc3ccccc3s2)cc1. The van der Waals surface area contributed by atoms with E-state index < -0.39 is 0 Å². The summed E-state index contributed by atoms with van der Waals surface area (Å²) in [5.74, 6) is 1.33. The third kappa shape index (κ3) is 3.50. The van der Waals surface area contributed by atoms with Crippen molar-refractivity contribution in [3.63, 3.8) is 0 Å². The number of carbonyl (C=O) groups excluding carboxylic acids is 1. The minimum Gasteiger partial charge on any atom is -0.351 e. The van der Waals surface area contributed by atoms with E-state index in [-0.39, 0.29) is 12.1 Å². The number of fused-ring (bicyclic) bond motifs is 2. The maximum Gasteiger partial charge on any atom is 0.315 e. The van der Waals surface area contributed by atoms with Crippen LogP contribution in [-0.4, -0.2) is 35.0 Å². The molecular weight excluding hydrogens is 368 g/mol. The van der Waals surface area contributed by atoms with Crippen molar-refractivity contribution in [2.75, 3.05) is 13.1 Å². The molecule has 28 heavy (non-hydrogen) atoms. The number of nitrogens with one attached hydrogen (secondary N) is 1. The van der Waals surface area contributed by atoms with Crippen molar-refractivity contribution in [1.82, 2.24) is 15.2 Å². The summed E-state index contributed by atoms with van der Waals surface area (Å²) < 4.78 is 1.24. The average molecular weight is 393 g/mol. The highest BCUT2D eigenvalue weighted by atomic mass is 32.1. The normalized spacial score (nSPS) is 23.1. The highest BCUT2D eigenvalue weighted by Crippen LogP contribution is 2.49. The van der Waals surface area contributed by atoms with E-state index in [1.807, 2.05) is 11.0 Å². The Balaban J connectivity index is 1.16. The molecule has 0 spiro atoms. The van der Waals surface area contributed by atoms with Crippen molar-refractivity contribution < 1.29 is 4.79 Å². The Morgan fingerprint density at radius 1 is 1.18 bits per heavy atom. The summed E-state index contributed by atoms with van der Waals surface area (Å²) in [7, 11) is 0. The molecule has 3 aromatic rings. The zero-order chi connectivity index (χ0) is 19.1. The fourth-order valence-electron chi connectivity index (χ4n) is 4.40. The molecule has 1 aliphatic heterocycles. The molecule has 3 unspecified atom stereocenters. The molecule has 0 radical (unpaired) electrons. The molecule has 6 heteroatoms. The molecule has 1 aliphatic carbocycles. The summed E-state index contributed by atoms with van der Waals surface area (Å²) in [6, 6.07) is 17.0. The van der Waals surface area contributed by atoms with Crippen molar-refractivity contribution in [3.8, 4) is 0 Å². The Morgan fingerprint density at radius 3 is 2.75 bits per heavy atom. The lowest BCUT2D eigenvalue weighted by Crippen LogP contribution is -2.46. The van der Waals surface area contributed by atoms with Crippen molar-refractivity contribution in [3.05, 3.63) is 64.7 Å². The topological polar surface area (TPSA) is 71.2 Å². The van der Waals surface area contributed by atoms with Gasteiger partial charge in [-0.05, 0) is 41.5 Å². The van der Waals surface area contributed by atoms with Crippen LogP contribution in [0.5, 0.6) is 0 Å². The van der Waals surface area contributed by atoms with Crippen LogP contribution < -0.4 is 11.1 Å². The first-order valence-corrected chi connectivity index (χ1v) is 10.7. The summed E-state index contributed by atoms with van der Waals surface area (Å²) in [5.41, 5.74) is 9.13. The van der Waals surface area contributed by atoms with Gasteiger partial charge in [-0.1, -0.05) is 36.4 Å². The quantitative estimate of drug-likeness (QED) is 0.676. The lowest BCUT2D eigenvalue weighted by Gasteiger charge is -2.26. The van der Waals surface area contributed by atoms with Gasteiger partial charge in [0.2, 0.25) is 0 Å². The highest BCUT2D eigenvalue weighted by Gasteiger charge is 2.53. The smallest absolute Gasteiger partial charge is 0.315 e. The molecule has 0 bridgehead atoms. The number of urea groups is 1. The number of nitrogens with zero attached hydrogens (tertiary/aromatic N) is 2. The number of carbonyl (C=O) groups is 1. The molecule has 5 nitrogen and oxygen atoms in total. The van der Waals surface area contributed by atoms with Gasteiger partial charge < -0.3 is 16.0 Å². The van der Waals surface area contributed by atoms with Crippen LogP contribution in [0.3, 0.4) is 0 Å². The number of nitrogens with two attached hydrogens (primary N) is 1. The molecule has 1 saturated heterocycles. The van der Waals surface area contributed by atoms with E-state index in [0.717, 1.165) is 36.6 Å². The molecule has 2 aromatic carbocycles. The zero-order valence-corrected chi connectivity index (χ0v) is 16.5. The average Bonchev–Trinajstić information content (AvgIpc) is 3.19. The summed E-state index contributed by atoms with van der Waals surface area (Å²) in [5, 5.41) is 4.66. The summed E-state index contributed by atoms with van der Waals surface area (Å²) in [4.78, 5) is 18.1. The number of amides is 2. The first-order chi connectivity index (χ1) is 13.7. The first-order valence-electron chi connectivity index (χ1n) is 9.86. The first kappa shape index (κ1) is 17.6. The molecule has 2 heterocycles. The number of benzene rings is 2. The van der Waals surface area contributed by atoms with Crippen molar-refractivity contribution >= 4 is 27.6 Å². The molecule has 5 rings (SSSR count). The predicted molar refractivity (Wildman–Crippen MR) is 112 cm³/mol. The lowest BCUT2D eigenvalue weighted by atomic mass is 10.1. The predicted octanol–water partition coefficient (Wildman–Crippen LogP) is 3.38. The van der Waals surface area contributed by atoms with Gasteiger partial charge in [0.1, 0.15) is 0 Å². The summed E-state index contributed by atoms with van der Waals surface area (Å²) >= 11 is 1.77. The number of hydrogen-bond acceptors (Lipinski definition) is 4. The van der Waals surface area contributed by atoms with Gasteiger partial charge >= 0.3 is 6.03 Å². The van der Waals surface area contributed by atoms with E-state index >= 15 is 0 Å². The molecule has 2 amide bonds. The van der Waals surface area contributed by atoms with Crippen LogP contribution >= 0.6 is 11.3 Å². The molecule has 2 aliphatic rings. The van der Waals surface area contributed by atoms with Crippen LogP contribution in [-0.2, 0) is 13.0 Å². The third-order valence-electron chi connectivity index (χ3n) is 5.99. The Bertz CT molecular complexity index is 966.